The summed E-state index contributed by atoms with van der Waals surface area (Å²) in [5, 5.41) is 3.50. The van der Waals surface area contributed by atoms with E-state index in [-0.39, 0.29) is 4.75 Å². The van der Waals surface area contributed by atoms with Gasteiger partial charge < -0.3 is 24.4 Å². The average Bonchev–Trinajstić information content (AvgIpc) is 3.24. The number of aliphatic imine (C=N–C) groups is 1. The first-order chi connectivity index (χ1) is 13.2. The van der Waals surface area contributed by atoms with Gasteiger partial charge in [-0.25, -0.2) is 0 Å². The lowest BCUT2D eigenvalue weighted by atomic mass is 9.99. The molecule has 27 heavy (non-hydrogen) atoms. The van der Waals surface area contributed by atoms with Crippen molar-refractivity contribution in [3.05, 3.63) is 0 Å². The van der Waals surface area contributed by atoms with Crippen LogP contribution in [-0.2, 0) is 14.2 Å². The molecule has 3 aliphatic heterocycles. The number of hydrogen-bond acceptors (Lipinski definition) is 5. The Morgan fingerprint density at radius 2 is 2.00 bits per heavy atom. The first-order valence-electron chi connectivity index (χ1n) is 10.6. The molecule has 0 aromatic carbocycles. The van der Waals surface area contributed by atoms with Gasteiger partial charge in [0.1, 0.15) is 0 Å². The predicted octanol–water partition coefficient (Wildman–Crippen LogP) is 2.52. The zero-order chi connectivity index (χ0) is 19.0. The van der Waals surface area contributed by atoms with Gasteiger partial charge in [0.25, 0.3) is 0 Å². The second-order valence-corrected chi connectivity index (χ2v) is 9.10. The minimum absolute atomic E-state index is 0.238. The second kappa shape index (κ2) is 10.9. The van der Waals surface area contributed by atoms with Gasteiger partial charge in [-0.05, 0) is 51.7 Å². The quantitative estimate of drug-likeness (QED) is 0.524. The molecule has 3 aliphatic rings. The fourth-order valence-electron chi connectivity index (χ4n) is 4.07. The maximum Gasteiger partial charge on any atom is 0.193 e. The highest BCUT2D eigenvalue weighted by Crippen LogP contribution is 2.34. The maximum absolute atomic E-state index is 6.11. The van der Waals surface area contributed by atoms with Crippen LogP contribution in [0.5, 0.6) is 0 Å². The van der Waals surface area contributed by atoms with Gasteiger partial charge in [-0.1, -0.05) is 0 Å². The van der Waals surface area contributed by atoms with Gasteiger partial charge in [-0.2, -0.15) is 11.8 Å². The van der Waals surface area contributed by atoms with Gasteiger partial charge in [-0.15, -0.1) is 0 Å². The van der Waals surface area contributed by atoms with E-state index in [0.717, 1.165) is 90.7 Å². The Balaban J connectivity index is 1.48. The van der Waals surface area contributed by atoms with E-state index >= 15 is 0 Å². The molecule has 1 atom stereocenters. The molecular formula is C20H37N3O3S. The standard InChI is InChI=1S/C20H37N3O3S/c1-3-21-19(22-16-20(27-2)8-13-24-14-9-20)23-10-6-17(7-11-23)26-15-18-5-4-12-25-18/h17-18H,3-16H2,1-2H3,(H,21,22). The molecule has 0 aliphatic carbocycles. The van der Waals surface area contributed by atoms with Gasteiger partial charge >= 0.3 is 0 Å². The molecule has 3 heterocycles. The maximum atomic E-state index is 6.11. The van der Waals surface area contributed by atoms with Crippen LogP contribution in [0.25, 0.3) is 0 Å². The number of hydrogen-bond donors (Lipinski definition) is 1. The first-order valence-corrected chi connectivity index (χ1v) is 11.9. The Morgan fingerprint density at radius 1 is 1.22 bits per heavy atom. The van der Waals surface area contributed by atoms with Gasteiger partial charge in [0.2, 0.25) is 0 Å². The summed E-state index contributed by atoms with van der Waals surface area (Å²) in [5.41, 5.74) is 0. The SMILES string of the molecule is CCNC(=NCC1(SC)CCOCC1)N1CCC(OCC2CCCO2)CC1. The molecule has 3 saturated heterocycles. The number of thioether (sulfide) groups is 1. The molecule has 3 rings (SSSR count). The van der Waals surface area contributed by atoms with Crippen LogP contribution in [0.1, 0.15) is 45.4 Å². The third kappa shape index (κ3) is 6.24. The Hall–Kier alpha value is -0.500. The molecule has 156 valence electrons. The Morgan fingerprint density at radius 3 is 2.63 bits per heavy atom. The van der Waals surface area contributed by atoms with Gasteiger partial charge in [0.05, 0.1) is 25.4 Å². The van der Waals surface area contributed by atoms with E-state index in [4.69, 9.17) is 19.2 Å². The number of rotatable bonds is 7. The molecule has 0 bridgehead atoms. The molecule has 1 unspecified atom stereocenters. The van der Waals surface area contributed by atoms with Crippen molar-refractivity contribution in [2.75, 3.05) is 58.9 Å². The monoisotopic (exact) mass is 399 g/mol. The summed E-state index contributed by atoms with van der Waals surface area (Å²) < 4.78 is 17.6. The average molecular weight is 400 g/mol. The summed E-state index contributed by atoms with van der Waals surface area (Å²) >= 11 is 1.95. The van der Waals surface area contributed by atoms with Crippen LogP contribution < -0.4 is 5.32 Å². The largest absolute Gasteiger partial charge is 0.381 e. The normalized spacial score (nSPS) is 27.1. The molecule has 7 heteroatoms. The molecule has 3 fully saturated rings. The molecule has 0 aromatic heterocycles. The van der Waals surface area contributed by atoms with Crippen molar-refractivity contribution >= 4 is 17.7 Å². The van der Waals surface area contributed by atoms with E-state index in [1.54, 1.807) is 0 Å². The number of guanidine groups is 1. The highest BCUT2D eigenvalue weighted by Gasteiger charge is 2.32. The smallest absolute Gasteiger partial charge is 0.193 e. The lowest BCUT2D eigenvalue weighted by Crippen LogP contribution is -2.48. The number of nitrogens with zero attached hydrogens (tertiary/aromatic N) is 2. The zero-order valence-electron chi connectivity index (χ0n) is 17.1. The Kier molecular flexibility index (Phi) is 8.55. The fraction of sp³-hybridized carbons (Fsp3) is 0.950. The van der Waals surface area contributed by atoms with Crippen LogP contribution in [0, 0.1) is 0 Å². The predicted molar refractivity (Wildman–Crippen MR) is 112 cm³/mol. The van der Waals surface area contributed by atoms with Gasteiger partial charge in [0.15, 0.2) is 5.96 Å². The van der Waals surface area contributed by atoms with Crippen molar-refractivity contribution in [3.63, 3.8) is 0 Å². The fourth-order valence-corrected chi connectivity index (χ4v) is 4.84. The number of ether oxygens (including phenoxy) is 3. The second-order valence-electron chi connectivity index (χ2n) is 7.82. The summed E-state index contributed by atoms with van der Waals surface area (Å²) in [7, 11) is 0. The van der Waals surface area contributed by atoms with Gasteiger partial charge in [0, 0.05) is 44.2 Å². The van der Waals surface area contributed by atoms with E-state index < -0.39 is 0 Å². The molecule has 1 N–H and O–H groups in total. The lowest BCUT2D eigenvalue weighted by Gasteiger charge is -2.37. The zero-order valence-corrected chi connectivity index (χ0v) is 17.9. The third-order valence-corrected chi connectivity index (χ3v) is 7.38. The van der Waals surface area contributed by atoms with E-state index in [1.165, 1.54) is 6.42 Å². The Labute approximate surface area is 168 Å². The number of piperidine rings is 1. The summed E-state index contributed by atoms with van der Waals surface area (Å²) in [5.74, 6) is 1.06. The van der Waals surface area contributed by atoms with E-state index in [2.05, 4.69) is 23.4 Å². The molecule has 0 spiro atoms. The van der Waals surface area contributed by atoms with Crippen molar-refractivity contribution in [1.29, 1.82) is 0 Å². The van der Waals surface area contributed by atoms with Crippen LogP contribution in [0.4, 0.5) is 0 Å². The van der Waals surface area contributed by atoms with Crippen molar-refractivity contribution in [2.24, 2.45) is 4.99 Å². The molecule has 0 saturated carbocycles. The number of likely N-dealkylation sites (tertiary alicyclic amines) is 1. The third-order valence-electron chi connectivity index (χ3n) is 5.97. The van der Waals surface area contributed by atoms with E-state index in [0.29, 0.717) is 12.2 Å². The van der Waals surface area contributed by atoms with E-state index in [9.17, 15) is 0 Å². The molecule has 0 aromatic rings. The molecule has 6 nitrogen and oxygen atoms in total. The first kappa shape index (κ1) is 21.2. The summed E-state index contributed by atoms with van der Waals surface area (Å²) in [6.45, 7) is 9.33. The number of nitrogens with one attached hydrogen (secondary N) is 1. The van der Waals surface area contributed by atoms with Crippen molar-refractivity contribution in [1.82, 2.24) is 10.2 Å². The molecule has 0 radical (unpaired) electrons. The van der Waals surface area contributed by atoms with Crippen LogP contribution in [-0.4, -0.2) is 86.7 Å². The minimum atomic E-state index is 0.238. The van der Waals surface area contributed by atoms with Crippen LogP contribution in [0.3, 0.4) is 0 Å². The lowest BCUT2D eigenvalue weighted by molar-refractivity contribution is -0.0367. The van der Waals surface area contributed by atoms with Crippen LogP contribution in [0.15, 0.2) is 4.99 Å². The highest BCUT2D eigenvalue weighted by atomic mass is 32.2. The van der Waals surface area contributed by atoms with Crippen LogP contribution in [0.2, 0.25) is 0 Å². The summed E-state index contributed by atoms with van der Waals surface area (Å²) in [6.07, 6.45) is 9.55. The van der Waals surface area contributed by atoms with Crippen molar-refractivity contribution in [3.8, 4) is 0 Å². The van der Waals surface area contributed by atoms with Crippen LogP contribution >= 0.6 is 11.8 Å². The highest BCUT2D eigenvalue weighted by molar-refractivity contribution is 8.00. The summed E-state index contributed by atoms with van der Waals surface area (Å²) in [4.78, 5) is 7.44. The van der Waals surface area contributed by atoms with Crippen molar-refractivity contribution in [2.45, 2.75) is 62.4 Å². The van der Waals surface area contributed by atoms with Gasteiger partial charge in [-0.3, -0.25) is 4.99 Å². The Bertz CT molecular complexity index is 457. The summed E-state index contributed by atoms with van der Waals surface area (Å²) in [6, 6.07) is 0. The van der Waals surface area contributed by atoms with Crippen molar-refractivity contribution < 1.29 is 14.2 Å². The topological polar surface area (TPSA) is 55.3 Å². The molecular weight excluding hydrogens is 362 g/mol. The minimum Gasteiger partial charge on any atom is -0.381 e. The van der Waals surface area contributed by atoms with E-state index in [1.807, 2.05) is 11.8 Å². The molecule has 0 amide bonds.